The third-order valence-electron chi connectivity index (χ3n) is 3.44. The van der Waals surface area contributed by atoms with Crippen LogP contribution in [0.1, 0.15) is 26.5 Å². The number of carbonyl (C=O) groups excluding carboxylic acids is 1. The maximum absolute atomic E-state index is 12.1. The number of rotatable bonds is 2. The van der Waals surface area contributed by atoms with E-state index in [-0.39, 0.29) is 11.4 Å². The number of hydrogen-bond donors (Lipinski definition) is 1. The number of aryl methyl sites for hydroxylation is 1. The highest BCUT2D eigenvalue weighted by Crippen LogP contribution is 2.14. The molecule has 2 amide bonds. The molecule has 2 heterocycles. The Morgan fingerprint density at radius 2 is 1.86 bits per heavy atom. The van der Waals surface area contributed by atoms with Crippen LogP contribution in [0.2, 0.25) is 0 Å². The molecule has 116 valence electrons. The predicted octanol–water partition coefficient (Wildman–Crippen LogP) is 1.66. The zero-order valence-electron chi connectivity index (χ0n) is 13.4. The number of aromatic nitrogens is 2. The van der Waals surface area contributed by atoms with Crippen LogP contribution in [0.3, 0.4) is 0 Å². The highest BCUT2D eigenvalue weighted by molar-refractivity contribution is 5.74. The van der Waals surface area contributed by atoms with E-state index in [0.717, 1.165) is 24.6 Å². The smallest absolute Gasteiger partial charge is 0.317 e. The summed E-state index contributed by atoms with van der Waals surface area (Å²) in [5.74, 6) is 0.885. The van der Waals surface area contributed by atoms with Gasteiger partial charge in [0.25, 0.3) is 0 Å². The first-order chi connectivity index (χ1) is 9.85. The van der Waals surface area contributed by atoms with Gasteiger partial charge in [-0.15, -0.1) is 5.10 Å². The summed E-state index contributed by atoms with van der Waals surface area (Å²) >= 11 is 0. The quantitative estimate of drug-likeness (QED) is 0.900. The molecule has 0 spiro atoms. The normalized spacial score (nSPS) is 16.0. The molecule has 6 heteroatoms. The van der Waals surface area contributed by atoms with E-state index in [4.69, 9.17) is 0 Å². The number of urea groups is 1. The van der Waals surface area contributed by atoms with Crippen LogP contribution in [0.25, 0.3) is 0 Å². The van der Waals surface area contributed by atoms with Crippen molar-refractivity contribution < 1.29 is 4.79 Å². The molecule has 1 fully saturated rings. The Morgan fingerprint density at radius 1 is 1.19 bits per heavy atom. The standard InChI is InChI=1S/C15H25N5O/c1-12-5-6-13(18-17-12)19-7-9-20(10-8-19)14(21)16-11-15(2,3)4/h5-6H,7-11H2,1-4H3,(H,16,21). The average molecular weight is 291 g/mol. The summed E-state index contributed by atoms with van der Waals surface area (Å²) in [6.45, 7) is 12.0. The van der Waals surface area contributed by atoms with Gasteiger partial charge in [-0.2, -0.15) is 5.10 Å². The Kier molecular flexibility index (Phi) is 4.65. The third-order valence-corrected chi connectivity index (χ3v) is 3.44. The average Bonchev–Trinajstić information content (AvgIpc) is 2.45. The van der Waals surface area contributed by atoms with Gasteiger partial charge in [0.1, 0.15) is 0 Å². The fraction of sp³-hybridized carbons (Fsp3) is 0.667. The van der Waals surface area contributed by atoms with Crippen LogP contribution in [0, 0.1) is 12.3 Å². The number of carbonyl (C=O) groups is 1. The summed E-state index contributed by atoms with van der Waals surface area (Å²) in [5, 5.41) is 11.3. The Labute approximate surface area is 126 Å². The van der Waals surface area contributed by atoms with Gasteiger partial charge in [0.05, 0.1) is 5.69 Å². The molecule has 1 aromatic heterocycles. The predicted molar refractivity (Wildman–Crippen MR) is 83.4 cm³/mol. The van der Waals surface area contributed by atoms with Gasteiger partial charge in [-0.25, -0.2) is 4.79 Å². The van der Waals surface area contributed by atoms with Gasteiger partial charge in [-0.3, -0.25) is 0 Å². The van der Waals surface area contributed by atoms with Crippen LogP contribution in [-0.2, 0) is 0 Å². The minimum atomic E-state index is 0.0274. The summed E-state index contributed by atoms with van der Waals surface area (Å²) in [5.41, 5.74) is 1.02. The molecule has 21 heavy (non-hydrogen) atoms. The van der Waals surface area contributed by atoms with Crippen LogP contribution in [-0.4, -0.2) is 53.9 Å². The van der Waals surface area contributed by atoms with E-state index >= 15 is 0 Å². The molecule has 1 saturated heterocycles. The van der Waals surface area contributed by atoms with Crippen molar-refractivity contribution in [3.63, 3.8) is 0 Å². The maximum atomic E-state index is 12.1. The molecule has 0 atom stereocenters. The Balaban J connectivity index is 1.82. The Hall–Kier alpha value is -1.85. The van der Waals surface area contributed by atoms with Crippen molar-refractivity contribution in [1.29, 1.82) is 0 Å². The second-order valence-corrected chi connectivity index (χ2v) is 6.73. The minimum absolute atomic E-state index is 0.0274. The molecule has 0 bridgehead atoms. The molecule has 0 aromatic carbocycles. The highest BCUT2D eigenvalue weighted by atomic mass is 16.2. The summed E-state index contributed by atoms with van der Waals surface area (Å²) in [6, 6.07) is 3.97. The second-order valence-electron chi connectivity index (χ2n) is 6.73. The largest absolute Gasteiger partial charge is 0.352 e. The van der Waals surface area contributed by atoms with Crippen LogP contribution in [0.5, 0.6) is 0 Å². The van der Waals surface area contributed by atoms with E-state index in [1.54, 1.807) is 0 Å². The molecule has 1 aromatic rings. The topological polar surface area (TPSA) is 61.4 Å². The van der Waals surface area contributed by atoms with Crippen LogP contribution < -0.4 is 10.2 Å². The molecular weight excluding hydrogens is 266 g/mol. The molecule has 2 rings (SSSR count). The van der Waals surface area contributed by atoms with Gasteiger partial charge in [-0.05, 0) is 24.5 Å². The van der Waals surface area contributed by atoms with Crippen LogP contribution in [0.15, 0.2) is 12.1 Å². The Bertz CT molecular complexity index is 472. The first-order valence-corrected chi connectivity index (χ1v) is 7.43. The van der Waals surface area contributed by atoms with E-state index in [9.17, 15) is 4.79 Å². The van der Waals surface area contributed by atoms with Gasteiger partial charge in [0.15, 0.2) is 5.82 Å². The number of nitrogens with zero attached hydrogens (tertiary/aromatic N) is 4. The van der Waals surface area contributed by atoms with Crippen LogP contribution >= 0.6 is 0 Å². The first kappa shape index (κ1) is 15.5. The van der Waals surface area contributed by atoms with E-state index in [1.807, 2.05) is 24.0 Å². The zero-order chi connectivity index (χ0) is 15.5. The molecule has 1 aliphatic heterocycles. The van der Waals surface area contributed by atoms with Gasteiger partial charge in [0, 0.05) is 32.7 Å². The molecule has 0 radical (unpaired) electrons. The Morgan fingerprint density at radius 3 is 2.38 bits per heavy atom. The molecule has 0 aliphatic carbocycles. The van der Waals surface area contributed by atoms with Gasteiger partial charge >= 0.3 is 6.03 Å². The summed E-state index contributed by atoms with van der Waals surface area (Å²) in [7, 11) is 0. The lowest BCUT2D eigenvalue weighted by Gasteiger charge is -2.35. The minimum Gasteiger partial charge on any atom is -0.352 e. The fourth-order valence-corrected chi connectivity index (χ4v) is 2.15. The number of piperazine rings is 1. The molecule has 0 saturated carbocycles. The maximum Gasteiger partial charge on any atom is 0.317 e. The lowest BCUT2D eigenvalue weighted by Crippen LogP contribution is -2.53. The van der Waals surface area contributed by atoms with E-state index in [2.05, 4.69) is 41.2 Å². The molecule has 1 aliphatic rings. The number of hydrogen-bond acceptors (Lipinski definition) is 4. The van der Waals surface area contributed by atoms with Crippen molar-refractivity contribution in [3.8, 4) is 0 Å². The van der Waals surface area contributed by atoms with Crippen molar-refractivity contribution in [1.82, 2.24) is 20.4 Å². The van der Waals surface area contributed by atoms with Crippen molar-refractivity contribution in [3.05, 3.63) is 17.8 Å². The molecular formula is C15H25N5O. The van der Waals surface area contributed by atoms with Crippen molar-refractivity contribution in [2.45, 2.75) is 27.7 Å². The molecule has 6 nitrogen and oxygen atoms in total. The van der Waals surface area contributed by atoms with Crippen molar-refractivity contribution >= 4 is 11.8 Å². The lowest BCUT2D eigenvalue weighted by molar-refractivity contribution is 0.189. The van der Waals surface area contributed by atoms with Gasteiger partial charge in [-0.1, -0.05) is 20.8 Å². The van der Waals surface area contributed by atoms with Crippen LogP contribution in [0.4, 0.5) is 10.6 Å². The summed E-state index contributed by atoms with van der Waals surface area (Å²) in [4.78, 5) is 16.1. The second kappa shape index (κ2) is 6.28. The zero-order valence-corrected chi connectivity index (χ0v) is 13.4. The fourth-order valence-electron chi connectivity index (χ4n) is 2.15. The molecule has 0 unspecified atom stereocenters. The summed E-state index contributed by atoms with van der Waals surface area (Å²) < 4.78 is 0. The highest BCUT2D eigenvalue weighted by Gasteiger charge is 2.23. The lowest BCUT2D eigenvalue weighted by atomic mass is 9.97. The third kappa shape index (κ3) is 4.58. The van der Waals surface area contributed by atoms with Gasteiger partial charge < -0.3 is 15.1 Å². The van der Waals surface area contributed by atoms with E-state index in [1.165, 1.54) is 0 Å². The molecule has 1 N–H and O–H groups in total. The number of amides is 2. The monoisotopic (exact) mass is 291 g/mol. The van der Waals surface area contributed by atoms with E-state index < -0.39 is 0 Å². The number of anilines is 1. The first-order valence-electron chi connectivity index (χ1n) is 7.43. The SMILES string of the molecule is Cc1ccc(N2CCN(C(=O)NCC(C)(C)C)CC2)nn1. The summed E-state index contributed by atoms with van der Waals surface area (Å²) in [6.07, 6.45) is 0. The van der Waals surface area contributed by atoms with Crippen molar-refractivity contribution in [2.75, 3.05) is 37.6 Å². The number of nitrogens with one attached hydrogen (secondary N) is 1. The van der Waals surface area contributed by atoms with E-state index in [0.29, 0.717) is 19.6 Å². The van der Waals surface area contributed by atoms with Gasteiger partial charge in [0.2, 0.25) is 0 Å². The van der Waals surface area contributed by atoms with Crippen molar-refractivity contribution in [2.24, 2.45) is 5.41 Å².